The zero-order chi connectivity index (χ0) is 20.7. The van der Waals surface area contributed by atoms with E-state index in [-0.39, 0.29) is 33.6 Å². The van der Waals surface area contributed by atoms with Crippen LogP contribution in [0.2, 0.25) is 5.02 Å². The van der Waals surface area contributed by atoms with Crippen molar-refractivity contribution in [2.24, 2.45) is 0 Å². The van der Waals surface area contributed by atoms with Gasteiger partial charge in [-0.2, -0.15) is 5.26 Å². The van der Waals surface area contributed by atoms with Gasteiger partial charge in [-0.25, -0.2) is 4.79 Å². The number of nitrogens with zero attached hydrogens (tertiary/aromatic N) is 1. The van der Waals surface area contributed by atoms with Crippen LogP contribution in [0.3, 0.4) is 0 Å². The van der Waals surface area contributed by atoms with Gasteiger partial charge in [-0.3, -0.25) is 4.79 Å². The van der Waals surface area contributed by atoms with Crippen LogP contribution >= 0.6 is 11.6 Å². The topological polar surface area (TPSA) is 94.9 Å². The van der Waals surface area contributed by atoms with E-state index in [9.17, 15) is 9.59 Å². The molecule has 8 heteroatoms. The Balaban J connectivity index is 2.13. The van der Waals surface area contributed by atoms with Gasteiger partial charge in [0.15, 0.2) is 35.4 Å². The molecule has 2 rings (SSSR count). The van der Waals surface area contributed by atoms with Crippen LogP contribution < -0.4 is 18.9 Å². The second-order valence-electron chi connectivity index (χ2n) is 5.51. The molecule has 28 heavy (non-hydrogen) atoms. The van der Waals surface area contributed by atoms with Crippen LogP contribution in [0.1, 0.15) is 29.8 Å². The fourth-order valence-electron chi connectivity index (χ4n) is 2.28. The van der Waals surface area contributed by atoms with Crippen molar-refractivity contribution in [3.8, 4) is 29.1 Å². The molecule has 0 spiro atoms. The van der Waals surface area contributed by atoms with Crippen molar-refractivity contribution in [3.63, 3.8) is 0 Å². The molecule has 0 aromatic heterocycles. The number of Topliss-reactive ketones (excluding diaryl/α,β-unsaturated/α-hetero) is 1. The van der Waals surface area contributed by atoms with Gasteiger partial charge in [-0.05, 0) is 38.1 Å². The van der Waals surface area contributed by atoms with Crippen molar-refractivity contribution in [1.82, 2.24) is 0 Å². The number of hydrogen-bond acceptors (Lipinski definition) is 7. The maximum absolute atomic E-state index is 12.2. The van der Waals surface area contributed by atoms with E-state index in [0.29, 0.717) is 17.9 Å². The number of ether oxygens (including phenoxy) is 4. The lowest BCUT2D eigenvalue weighted by Gasteiger charge is -2.14. The molecule has 0 heterocycles. The van der Waals surface area contributed by atoms with E-state index >= 15 is 0 Å². The summed E-state index contributed by atoms with van der Waals surface area (Å²) in [7, 11) is 1.43. The first-order valence-electron chi connectivity index (χ1n) is 8.28. The summed E-state index contributed by atoms with van der Waals surface area (Å²) in [6.45, 7) is 3.05. The summed E-state index contributed by atoms with van der Waals surface area (Å²) in [5.74, 6) is -0.0703. The molecule has 0 bridgehead atoms. The van der Waals surface area contributed by atoms with Crippen LogP contribution in [0.5, 0.6) is 23.0 Å². The number of nitriles is 1. The standard InChI is InChI=1S/C20H18ClNO6/c1-4-26-18-8-13(10-22)7-15(21)20(18)28-19(24)11-27-16-6-5-14(12(2)23)9-17(16)25-3/h5-9H,4,11H2,1-3H3. The number of carbonyl (C=O) groups excluding carboxylic acids is 2. The summed E-state index contributed by atoms with van der Waals surface area (Å²) in [5, 5.41) is 9.08. The Morgan fingerprint density at radius 2 is 1.86 bits per heavy atom. The average Bonchev–Trinajstić information content (AvgIpc) is 2.68. The third-order valence-electron chi connectivity index (χ3n) is 3.57. The monoisotopic (exact) mass is 403 g/mol. The van der Waals surface area contributed by atoms with Crippen molar-refractivity contribution in [2.45, 2.75) is 13.8 Å². The van der Waals surface area contributed by atoms with Crippen LogP contribution in [0.4, 0.5) is 0 Å². The minimum Gasteiger partial charge on any atom is -0.493 e. The van der Waals surface area contributed by atoms with Crippen LogP contribution in [0.15, 0.2) is 30.3 Å². The molecule has 0 atom stereocenters. The normalized spacial score (nSPS) is 9.96. The minimum atomic E-state index is -0.731. The van der Waals surface area contributed by atoms with Gasteiger partial charge in [0.05, 0.1) is 30.4 Å². The van der Waals surface area contributed by atoms with Crippen LogP contribution in [0, 0.1) is 11.3 Å². The molecular formula is C20H18ClNO6. The van der Waals surface area contributed by atoms with Crippen molar-refractivity contribution in [2.75, 3.05) is 20.3 Å². The van der Waals surface area contributed by atoms with Crippen LogP contribution in [-0.2, 0) is 4.79 Å². The molecule has 0 aliphatic carbocycles. The maximum atomic E-state index is 12.2. The zero-order valence-electron chi connectivity index (χ0n) is 15.6. The first kappa shape index (κ1) is 21.1. The van der Waals surface area contributed by atoms with Crippen molar-refractivity contribution >= 4 is 23.4 Å². The molecule has 0 aliphatic rings. The molecule has 0 unspecified atom stereocenters. The van der Waals surface area contributed by atoms with E-state index in [4.69, 9.17) is 35.8 Å². The predicted octanol–water partition coefficient (Wildman–Crippen LogP) is 3.81. The average molecular weight is 404 g/mol. The fourth-order valence-corrected chi connectivity index (χ4v) is 2.53. The first-order valence-corrected chi connectivity index (χ1v) is 8.66. The van der Waals surface area contributed by atoms with Gasteiger partial charge in [0.1, 0.15) is 0 Å². The van der Waals surface area contributed by atoms with E-state index in [2.05, 4.69) is 0 Å². The van der Waals surface area contributed by atoms with E-state index in [1.54, 1.807) is 13.0 Å². The number of hydrogen-bond donors (Lipinski definition) is 0. The van der Waals surface area contributed by atoms with E-state index in [1.165, 1.54) is 38.3 Å². The highest BCUT2D eigenvalue weighted by Gasteiger charge is 2.18. The number of methoxy groups -OCH3 is 1. The minimum absolute atomic E-state index is 0.00927. The van der Waals surface area contributed by atoms with Gasteiger partial charge in [0.25, 0.3) is 0 Å². The number of benzene rings is 2. The van der Waals surface area contributed by atoms with Crippen LogP contribution in [0.25, 0.3) is 0 Å². The van der Waals surface area contributed by atoms with E-state index in [1.807, 2.05) is 6.07 Å². The molecular weight excluding hydrogens is 386 g/mol. The Hall–Kier alpha value is -3.24. The Morgan fingerprint density at radius 3 is 2.46 bits per heavy atom. The number of rotatable bonds is 8. The fraction of sp³-hybridized carbons (Fsp3) is 0.250. The SMILES string of the molecule is CCOc1cc(C#N)cc(Cl)c1OC(=O)COc1ccc(C(C)=O)cc1OC. The molecule has 0 amide bonds. The molecule has 0 N–H and O–H groups in total. The Kier molecular flexibility index (Phi) is 7.24. The summed E-state index contributed by atoms with van der Waals surface area (Å²) in [6.07, 6.45) is 0. The quantitative estimate of drug-likeness (QED) is 0.375. The Bertz CT molecular complexity index is 935. The maximum Gasteiger partial charge on any atom is 0.349 e. The molecule has 0 saturated carbocycles. The highest BCUT2D eigenvalue weighted by Crippen LogP contribution is 2.37. The van der Waals surface area contributed by atoms with Crippen LogP contribution in [-0.4, -0.2) is 32.1 Å². The second kappa shape index (κ2) is 9.62. The lowest BCUT2D eigenvalue weighted by Crippen LogP contribution is -2.18. The third-order valence-corrected chi connectivity index (χ3v) is 3.85. The molecule has 7 nitrogen and oxygen atoms in total. The van der Waals surface area contributed by atoms with E-state index in [0.717, 1.165) is 0 Å². The van der Waals surface area contributed by atoms with Crippen molar-refractivity contribution in [1.29, 1.82) is 5.26 Å². The summed E-state index contributed by atoms with van der Waals surface area (Å²) in [4.78, 5) is 23.6. The third kappa shape index (κ3) is 5.15. The van der Waals surface area contributed by atoms with Crippen molar-refractivity contribution < 1.29 is 28.5 Å². The molecule has 0 aliphatic heterocycles. The van der Waals surface area contributed by atoms with Gasteiger partial charge >= 0.3 is 5.97 Å². The Morgan fingerprint density at radius 1 is 1.11 bits per heavy atom. The predicted molar refractivity (Wildman–Crippen MR) is 101 cm³/mol. The lowest BCUT2D eigenvalue weighted by atomic mass is 10.1. The summed E-state index contributed by atoms with van der Waals surface area (Å²) in [6, 6.07) is 9.37. The molecule has 0 saturated heterocycles. The largest absolute Gasteiger partial charge is 0.493 e. The Labute approximate surface area is 167 Å². The highest BCUT2D eigenvalue weighted by molar-refractivity contribution is 6.32. The molecule has 146 valence electrons. The van der Waals surface area contributed by atoms with Crippen molar-refractivity contribution in [3.05, 3.63) is 46.5 Å². The van der Waals surface area contributed by atoms with Gasteiger partial charge in [0, 0.05) is 11.6 Å². The molecule has 2 aromatic rings. The summed E-state index contributed by atoms with van der Waals surface area (Å²) < 4.78 is 21.3. The molecule has 2 aromatic carbocycles. The smallest absolute Gasteiger partial charge is 0.349 e. The molecule has 0 fully saturated rings. The van der Waals surface area contributed by atoms with E-state index < -0.39 is 12.6 Å². The lowest BCUT2D eigenvalue weighted by molar-refractivity contribution is -0.136. The van der Waals surface area contributed by atoms with Gasteiger partial charge in [-0.15, -0.1) is 0 Å². The highest BCUT2D eigenvalue weighted by atomic mass is 35.5. The first-order chi connectivity index (χ1) is 13.4. The second-order valence-corrected chi connectivity index (χ2v) is 5.92. The van der Waals surface area contributed by atoms with Gasteiger partial charge < -0.3 is 18.9 Å². The number of esters is 1. The number of ketones is 1. The zero-order valence-corrected chi connectivity index (χ0v) is 16.3. The molecule has 0 radical (unpaired) electrons. The number of halogens is 1. The van der Waals surface area contributed by atoms with Gasteiger partial charge in [-0.1, -0.05) is 11.6 Å². The summed E-state index contributed by atoms with van der Waals surface area (Å²) >= 11 is 6.10. The number of carbonyl (C=O) groups is 2. The van der Waals surface area contributed by atoms with Gasteiger partial charge in [0.2, 0.25) is 0 Å². The summed E-state index contributed by atoms with van der Waals surface area (Å²) in [5.41, 5.74) is 0.734.